The lowest BCUT2D eigenvalue weighted by Gasteiger charge is -2.25. The van der Waals surface area contributed by atoms with Crippen LogP contribution < -0.4 is 0 Å². The molecule has 4 aromatic rings. The van der Waals surface area contributed by atoms with Crippen LogP contribution >= 0.6 is 11.3 Å². The van der Waals surface area contributed by atoms with E-state index in [1.165, 1.54) is 43.3 Å². The predicted octanol–water partition coefficient (Wildman–Crippen LogP) is 9.00. The molecule has 0 saturated heterocycles. The Morgan fingerprint density at radius 2 is 1.49 bits per heavy atom. The second-order valence-electron chi connectivity index (χ2n) is 8.31. The smallest absolute Gasteiger partial charge is 0.380 e. The first-order valence-electron chi connectivity index (χ1n) is 10.7. The Bertz CT molecular complexity index is 1480. The Balaban J connectivity index is 1.87. The molecule has 1 aliphatic carbocycles. The van der Waals surface area contributed by atoms with Crippen molar-refractivity contribution in [3.63, 3.8) is 0 Å². The van der Waals surface area contributed by atoms with Gasteiger partial charge in [-0.15, -0.1) is 11.3 Å². The molecule has 35 heavy (non-hydrogen) atoms. The Morgan fingerprint density at radius 3 is 2.14 bits per heavy atom. The van der Waals surface area contributed by atoms with Gasteiger partial charge in [-0.3, -0.25) is 0 Å². The SMILES string of the molecule is CCc1oc2ccccc2c1C1=C(c2cc(-c3ccc(F)cc3)sc2C)C(F)(F)C(F)(F)C1(F)F. The molecule has 0 saturated carbocycles. The molecule has 0 N–H and O–H groups in total. The number of furan rings is 1. The van der Waals surface area contributed by atoms with Crippen LogP contribution in [-0.4, -0.2) is 17.8 Å². The number of allylic oxidation sites excluding steroid dienone is 2. The molecule has 5 rings (SSSR count). The van der Waals surface area contributed by atoms with E-state index in [1.54, 1.807) is 13.0 Å². The van der Waals surface area contributed by atoms with Crippen molar-refractivity contribution in [1.29, 1.82) is 0 Å². The number of hydrogen-bond donors (Lipinski definition) is 0. The van der Waals surface area contributed by atoms with Crippen molar-refractivity contribution in [2.45, 2.75) is 38.0 Å². The van der Waals surface area contributed by atoms with Crippen molar-refractivity contribution >= 4 is 33.5 Å². The van der Waals surface area contributed by atoms with Gasteiger partial charge in [0.2, 0.25) is 0 Å². The first-order valence-corrected chi connectivity index (χ1v) is 11.5. The molecule has 0 unspecified atom stereocenters. The summed E-state index contributed by atoms with van der Waals surface area (Å²) in [6, 6.07) is 12.2. The molecule has 0 bridgehead atoms. The Morgan fingerprint density at radius 1 is 0.857 bits per heavy atom. The summed E-state index contributed by atoms with van der Waals surface area (Å²) in [6.07, 6.45) is 0.0253. The van der Waals surface area contributed by atoms with Crippen LogP contribution in [0.5, 0.6) is 0 Å². The lowest BCUT2D eigenvalue weighted by atomic mass is 9.92. The fourth-order valence-corrected chi connectivity index (χ4v) is 5.55. The number of benzene rings is 2. The van der Waals surface area contributed by atoms with Crippen LogP contribution in [0.25, 0.3) is 32.6 Å². The van der Waals surface area contributed by atoms with E-state index in [9.17, 15) is 13.2 Å². The Hall–Kier alpha value is -3.07. The van der Waals surface area contributed by atoms with Crippen molar-refractivity contribution in [3.05, 3.63) is 82.2 Å². The van der Waals surface area contributed by atoms with Crippen LogP contribution in [0, 0.1) is 12.7 Å². The van der Waals surface area contributed by atoms with Gasteiger partial charge >= 0.3 is 17.8 Å². The summed E-state index contributed by atoms with van der Waals surface area (Å²) < 4.78 is 110. The topological polar surface area (TPSA) is 13.1 Å². The average Bonchev–Trinajstić information content (AvgIpc) is 3.39. The third kappa shape index (κ3) is 3.20. The van der Waals surface area contributed by atoms with Gasteiger partial charge in [0.15, 0.2) is 0 Å². The zero-order valence-corrected chi connectivity index (χ0v) is 19.2. The molecule has 2 aromatic carbocycles. The van der Waals surface area contributed by atoms with E-state index in [2.05, 4.69) is 0 Å². The molecule has 0 spiro atoms. The molecule has 2 heterocycles. The van der Waals surface area contributed by atoms with Crippen molar-refractivity contribution in [3.8, 4) is 10.4 Å². The molecule has 0 atom stereocenters. The van der Waals surface area contributed by atoms with Crippen LogP contribution in [-0.2, 0) is 6.42 Å². The van der Waals surface area contributed by atoms with Gasteiger partial charge in [-0.2, -0.15) is 26.3 Å². The van der Waals surface area contributed by atoms with Crippen LogP contribution in [0.3, 0.4) is 0 Å². The average molecular weight is 510 g/mol. The maximum absolute atomic E-state index is 15.4. The van der Waals surface area contributed by atoms with Crippen LogP contribution in [0.4, 0.5) is 30.7 Å². The summed E-state index contributed by atoms with van der Waals surface area (Å²) >= 11 is 0.971. The first kappa shape index (κ1) is 23.7. The molecule has 0 aliphatic heterocycles. The molecule has 182 valence electrons. The standard InChI is InChI=1S/C26H17F7OS/c1-3-18-21(16-6-4-5-7-19(16)34-18)23-22(24(28,29)26(32,33)25(23,30)31)17-12-20(35-13(17)2)14-8-10-15(27)11-9-14/h4-12H,3H2,1-2H3. The first-order chi connectivity index (χ1) is 16.4. The highest BCUT2D eigenvalue weighted by molar-refractivity contribution is 7.15. The maximum Gasteiger partial charge on any atom is 0.380 e. The van der Waals surface area contributed by atoms with E-state index in [4.69, 9.17) is 4.42 Å². The van der Waals surface area contributed by atoms with Crippen LogP contribution in [0.2, 0.25) is 0 Å². The van der Waals surface area contributed by atoms with Gasteiger partial charge in [0.1, 0.15) is 17.2 Å². The monoisotopic (exact) mass is 510 g/mol. The van der Waals surface area contributed by atoms with Gasteiger partial charge < -0.3 is 4.42 Å². The molecule has 1 aliphatic rings. The van der Waals surface area contributed by atoms with E-state index < -0.39 is 45.9 Å². The number of rotatable bonds is 4. The largest absolute Gasteiger partial charge is 0.460 e. The van der Waals surface area contributed by atoms with Crippen LogP contribution in [0.15, 0.2) is 59.0 Å². The number of para-hydroxylation sites is 1. The number of halogens is 7. The quantitative estimate of drug-likeness (QED) is 0.250. The summed E-state index contributed by atoms with van der Waals surface area (Å²) in [5, 5.41) is 0.0525. The van der Waals surface area contributed by atoms with Gasteiger partial charge in [0, 0.05) is 38.3 Å². The van der Waals surface area contributed by atoms with Gasteiger partial charge in [-0.1, -0.05) is 37.3 Å². The van der Waals surface area contributed by atoms with E-state index in [-0.39, 0.29) is 28.0 Å². The number of hydrogen-bond acceptors (Lipinski definition) is 2. The summed E-state index contributed by atoms with van der Waals surface area (Å²) in [7, 11) is 0. The lowest BCUT2D eigenvalue weighted by Crippen LogP contribution is -2.48. The van der Waals surface area contributed by atoms with Crippen molar-refractivity contribution in [2.24, 2.45) is 0 Å². The van der Waals surface area contributed by atoms with E-state index >= 15 is 17.6 Å². The number of thiophene rings is 1. The zero-order chi connectivity index (χ0) is 25.3. The molecule has 1 nitrogen and oxygen atoms in total. The van der Waals surface area contributed by atoms with Gasteiger partial charge in [-0.25, -0.2) is 4.39 Å². The highest BCUT2D eigenvalue weighted by Gasteiger charge is 2.80. The van der Waals surface area contributed by atoms with E-state index in [0.717, 1.165) is 23.5 Å². The zero-order valence-electron chi connectivity index (χ0n) is 18.4. The van der Waals surface area contributed by atoms with Crippen LogP contribution in [0.1, 0.15) is 28.7 Å². The molecular weight excluding hydrogens is 493 g/mol. The maximum atomic E-state index is 15.4. The minimum absolute atomic E-state index is 0.0253. The molecule has 0 fully saturated rings. The fraction of sp³-hybridized carbons (Fsp3) is 0.231. The second kappa shape index (κ2) is 7.71. The minimum atomic E-state index is -5.67. The summed E-state index contributed by atoms with van der Waals surface area (Å²) in [4.78, 5) is 0.502. The van der Waals surface area contributed by atoms with E-state index in [1.807, 2.05) is 0 Å². The summed E-state index contributed by atoms with van der Waals surface area (Å²) in [6.45, 7) is 2.96. The predicted molar refractivity (Wildman–Crippen MR) is 122 cm³/mol. The number of fused-ring (bicyclic) bond motifs is 1. The highest BCUT2D eigenvalue weighted by Crippen LogP contribution is 2.66. The van der Waals surface area contributed by atoms with Crippen molar-refractivity contribution in [1.82, 2.24) is 0 Å². The number of alkyl halides is 6. The normalized spacial score (nSPS) is 18.5. The summed E-state index contributed by atoms with van der Waals surface area (Å²) in [5.74, 6) is -16.6. The molecule has 0 amide bonds. The van der Waals surface area contributed by atoms with Gasteiger partial charge in [-0.05, 0) is 42.3 Å². The lowest BCUT2D eigenvalue weighted by molar-refractivity contribution is -0.254. The number of aryl methyl sites for hydroxylation is 2. The third-order valence-corrected chi connectivity index (χ3v) is 7.32. The minimum Gasteiger partial charge on any atom is -0.460 e. The third-order valence-electron chi connectivity index (χ3n) is 6.22. The van der Waals surface area contributed by atoms with Crippen molar-refractivity contribution in [2.75, 3.05) is 0 Å². The molecule has 9 heteroatoms. The summed E-state index contributed by atoms with van der Waals surface area (Å²) in [5.41, 5.74) is -3.12. The van der Waals surface area contributed by atoms with Crippen molar-refractivity contribution < 1.29 is 35.2 Å². The highest BCUT2D eigenvalue weighted by atomic mass is 32.1. The fourth-order valence-electron chi connectivity index (χ4n) is 4.52. The molecular formula is C26H17F7OS. The molecule has 2 aromatic heterocycles. The van der Waals surface area contributed by atoms with Gasteiger partial charge in [0.05, 0.1) is 0 Å². The molecule has 0 radical (unpaired) electrons. The second-order valence-corrected chi connectivity index (χ2v) is 9.57. The van der Waals surface area contributed by atoms with E-state index in [0.29, 0.717) is 10.4 Å². The Labute approximate surface area is 199 Å². The van der Waals surface area contributed by atoms with Gasteiger partial charge in [0.25, 0.3) is 0 Å². The Kier molecular flexibility index (Phi) is 5.22.